The second-order valence-electron chi connectivity index (χ2n) is 4.88. The van der Waals surface area contributed by atoms with Crippen molar-refractivity contribution in [3.63, 3.8) is 0 Å². The van der Waals surface area contributed by atoms with Crippen molar-refractivity contribution in [1.82, 2.24) is 9.55 Å². The Kier molecular flexibility index (Phi) is 5.51. The van der Waals surface area contributed by atoms with Gasteiger partial charge in [-0.1, -0.05) is 37.3 Å². The zero-order valence-corrected chi connectivity index (χ0v) is 12.3. The van der Waals surface area contributed by atoms with Crippen molar-refractivity contribution in [1.29, 1.82) is 0 Å². The summed E-state index contributed by atoms with van der Waals surface area (Å²) >= 11 is 0. The van der Waals surface area contributed by atoms with Crippen molar-refractivity contribution in [3.05, 3.63) is 58.6 Å². The molecule has 2 aromatic rings. The zero-order chi connectivity index (χ0) is 15.1. The summed E-state index contributed by atoms with van der Waals surface area (Å²) < 4.78 is 1.66. The molecule has 0 aliphatic carbocycles. The smallest absolute Gasteiger partial charge is 0.293 e. The Hall–Kier alpha value is -2.14. The van der Waals surface area contributed by atoms with Crippen LogP contribution in [-0.2, 0) is 13.1 Å². The van der Waals surface area contributed by atoms with Gasteiger partial charge in [-0.25, -0.2) is 4.98 Å². The molecule has 0 saturated carbocycles. The number of aliphatic hydroxyl groups is 1. The van der Waals surface area contributed by atoms with Crippen molar-refractivity contribution in [2.75, 3.05) is 18.1 Å². The minimum Gasteiger partial charge on any atom is -0.395 e. The van der Waals surface area contributed by atoms with Gasteiger partial charge in [0.1, 0.15) is 0 Å². The second-order valence-corrected chi connectivity index (χ2v) is 4.88. The van der Waals surface area contributed by atoms with Gasteiger partial charge < -0.3 is 14.6 Å². The van der Waals surface area contributed by atoms with Crippen LogP contribution in [0.15, 0.2) is 47.5 Å². The summed E-state index contributed by atoms with van der Waals surface area (Å²) in [6.45, 7) is 3.62. The van der Waals surface area contributed by atoms with Crippen LogP contribution in [0.25, 0.3) is 0 Å². The molecule has 5 heteroatoms. The van der Waals surface area contributed by atoms with Gasteiger partial charge in [0, 0.05) is 32.0 Å². The standard InChI is InChI=1S/C16H21N3O2/c1-2-9-18-10-8-17-15(16(18)21)19(11-12-20)13-14-6-4-3-5-7-14/h3-8,10,20H,2,9,11-13H2,1H3. The molecule has 0 amide bonds. The van der Waals surface area contributed by atoms with E-state index in [0.717, 1.165) is 12.0 Å². The third kappa shape index (κ3) is 3.92. The van der Waals surface area contributed by atoms with Gasteiger partial charge in [0.25, 0.3) is 5.56 Å². The minimum absolute atomic E-state index is 0.0172. The summed E-state index contributed by atoms with van der Waals surface area (Å²) in [7, 11) is 0. The van der Waals surface area contributed by atoms with Gasteiger partial charge in [0.2, 0.25) is 0 Å². The quantitative estimate of drug-likeness (QED) is 0.841. The van der Waals surface area contributed by atoms with E-state index in [0.29, 0.717) is 25.5 Å². The summed E-state index contributed by atoms with van der Waals surface area (Å²) in [5.74, 6) is 0.392. The molecule has 0 unspecified atom stereocenters. The lowest BCUT2D eigenvalue weighted by molar-refractivity contribution is 0.301. The molecule has 21 heavy (non-hydrogen) atoms. The average Bonchev–Trinajstić information content (AvgIpc) is 2.50. The van der Waals surface area contributed by atoms with Gasteiger partial charge in [0.05, 0.1) is 6.61 Å². The van der Waals surface area contributed by atoms with E-state index in [4.69, 9.17) is 0 Å². The van der Waals surface area contributed by atoms with Crippen LogP contribution in [0.1, 0.15) is 18.9 Å². The Labute approximate surface area is 124 Å². The maximum absolute atomic E-state index is 12.4. The summed E-state index contributed by atoms with van der Waals surface area (Å²) in [6, 6.07) is 9.87. The number of aliphatic hydroxyl groups excluding tert-OH is 1. The van der Waals surface area contributed by atoms with E-state index in [1.807, 2.05) is 42.2 Å². The van der Waals surface area contributed by atoms with Crippen molar-refractivity contribution in [2.45, 2.75) is 26.4 Å². The highest BCUT2D eigenvalue weighted by Crippen LogP contribution is 2.10. The molecule has 112 valence electrons. The van der Waals surface area contributed by atoms with Crippen LogP contribution >= 0.6 is 0 Å². The highest BCUT2D eigenvalue weighted by Gasteiger charge is 2.13. The van der Waals surface area contributed by atoms with Crippen LogP contribution in [-0.4, -0.2) is 27.8 Å². The molecule has 0 aliphatic heterocycles. The molecule has 0 saturated heterocycles. The highest BCUT2D eigenvalue weighted by atomic mass is 16.3. The maximum Gasteiger partial charge on any atom is 0.293 e. The number of rotatable bonds is 7. The molecular formula is C16H21N3O2. The lowest BCUT2D eigenvalue weighted by Gasteiger charge is -2.22. The monoisotopic (exact) mass is 287 g/mol. The van der Waals surface area contributed by atoms with E-state index in [-0.39, 0.29) is 12.2 Å². The average molecular weight is 287 g/mol. The number of anilines is 1. The van der Waals surface area contributed by atoms with Gasteiger partial charge in [-0.3, -0.25) is 4.79 Å². The maximum atomic E-state index is 12.4. The number of aromatic nitrogens is 2. The zero-order valence-electron chi connectivity index (χ0n) is 12.3. The van der Waals surface area contributed by atoms with E-state index in [9.17, 15) is 9.90 Å². The largest absolute Gasteiger partial charge is 0.395 e. The van der Waals surface area contributed by atoms with Gasteiger partial charge in [-0.15, -0.1) is 0 Å². The fraction of sp³-hybridized carbons (Fsp3) is 0.375. The number of hydrogen-bond acceptors (Lipinski definition) is 4. The lowest BCUT2D eigenvalue weighted by atomic mass is 10.2. The molecule has 0 radical (unpaired) electrons. The Bertz CT molecular complexity index is 610. The van der Waals surface area contributed by atoms with E-state index in [2.05, 4.69) is 4.98 Å². The predicted molar refractivity (Wildman–Crippen MR) is 83.4 cm³/mol. The lowest BCUT2D eigenvalue weighted by Crippen LogP contribution is -2.34. The molecule has 5 nitrogen and oxygen atoms in total. The van der Waals surface area contributed by atoms with Gasteiger partial charge in [-0.2, -0.15) is 0 Å². The molecular weight excluding hydrogens is 266 g/mol. The summed E-state index contributed by atoms with van der Waals surface area (Å²) in [5.41, 5.74) is 0.974. The molecule has 0 aliphatic rings. The molecule has 1 heterocycles. The van der Waals surface area contributed by atoms with E-state index < -0.39 is 0 Å². The third-order valence-electron chi connectivity index (χ3n) is 3.25. The van der Waals surface area contributed by atoms with E-state index in [1.54, 1.807) is 17.0 Å². The minimum atomic E-state index is -0.108. The van der Waals surface area contributed by atoms with E-state index >= 15 is 0 Å². The van der Waals surface area contributed by atoms with E-state index in [1.165, 1.54) is 0 Å². The van der Waals surface area contributed by atoms with Crippen molar-refractivity contribution in [2.24, 2.45) is 0 Å². The van der Waals surface area contributed by atoms with Gasteiger partial charge >= 0.3 is 0 Å². The summed E-state index contributed by atoms with van der Waals surface area (Å²) in [6.07, 6.45) is 4.23. The Morgan fingerprint density at radius 1 is 1.29 bits per heavy atom. The first-order valence-corrected chi connectivity index (χ1v) is 7.21. The van der Waals surface area contributed by atoms with Crippen molar-refractivity contribution in [3.8, 4) is 0 Å². The topological polar surface area (TPSA) is 58.4 Å². The number of benzene rings is 1. The third-order valence-corrected chi connectivity index (χ3v) is 3.25. The molecule has 0 spiro atoms. The second kappa shape index (κ2) is 7.59. The SMILES string of the molecule is CCCn1ccnc(N(CCO)Cc2ccccc2)c1=O. The summed E-state index contributed by atoms with van der Waals surface area (Å²) in [5, 5.41) is 9.26. The molecule has 0 fully saturated rings. The van der Waals surface area contributed by atoms with Crippen LogP contribution in [0.4, 0.5) is 5.82 Å². The predicted octanol–water partition coefficient (Wildman–Crippen LogP) is 1.65. The Morgan fingerprint density at radius 3 is 2.71 bits per heavy atom. The van der Waals surface area contributed by atoms with Crippen LogP contribution in [0.3, 0.4) is 0 Å². The Morgan fingerprint density at radius 2 is 2.05 bits per heavy atom. The molecule has 1 aromatic heterocycles. The molecule has 0 atom stereocenters. The van der Waals surface area contributed by atoms with Crippen LogP contribution in [0.2, 0.25) is 0 Å². The fourth-order valence-corrected chi connectivity index (χ4v) is 2.25. The molecule has 0 bridgehead atoms. The number of aryl methyl sites for hydroxylation is 1. The van der Waals surface area contributed by atoms with Gasteiger partial charge in [0.15, 0.2) is 5.82 Å². The fourth-order valence-electron chi connectivity index (χ4n) is 2.25. The molecule has 1 aromatic carbocycles. The molecule has 1 N–H and O–H groups in total. The first kappa shape index (κ1) is 15.3. The van der Waals surface area contributed by atoms with Crippen LogP contribution < -0.4 is 10.5 Å². The normalized spacial score (nSPS) is 10.6. The van der Waals surface area contributed by atoms with Crippen LogP contribution in [0, 0.1) is 0 Å². The number of nitrogens with zero attached hydrogens (tertiary/aromatic N) is 3. The van der Waals surface area contributed by atoms with Crippen molar-refractivity contribution < 1.29 is 5.11 Å². The Balaban J connectivity index is 2.30. The number of hydrogen-bond donors (Lipinski definition) is 1. The summed E-state index contributed by atoms with van der Waals surface area (Å²) in [4.78, 5) is 18.5. The first-order valence-electron chi connectivity index (χ1n) is 7.21. The van der Waals surface area contributed by atoms with Crippen LogP contribution in [0.5, 0.6) is 0 Å². The highest BCUT2D eigenvalue weighted by molar-refractivity contribution is 5.37. The van der Waals surface area contributed by atoms with Gasteiger partial charge in [-0.05, 0) is 12.0 Å². The first-order chi connectivity index (χ1) is 10.3. The van der Waals surface area contributed by atoms with Crippen molar-refractivity contribution >= 4 is 5.82 Å². The molecule has 2 rings (SSSR count).